The van der Waals surface area contributed by atoms with Gasteiger partial charge in [0.1, 0.15) is 83.3 Å². The van der Waals surface area contributed by atoms with Crippen molar-refractivity contribution in [2.45, 2.75) is 54.9 Å². The van der Waals surface area contributed by atoms with Gasteiger partial charge in [-0.25, -0.2) is 0 Å². The topological polar surface area (TPSA) is 251 Å². The van der Waals surface area contributed by atoms with Gasteiger partial charge in [0.2, 0.25) is 0 Å². The van der Waals surface area contributed by atoms with Crippen LogP contribution < -0.4 is 5.43 Å². The Bertz CT molecular complexity index is 1450. The smallest absolute Gasteiger partial charge is 0.197 e. The third-order valence-corrected chi connectivity index (χ3v) is 7.31. The summed E-state index contributed by atoms with van der Waals surface area (Å²) in [6.07, 6.45) is -15.7. The summed E-state index contributed by atoms with van der Waals surface area (Å²) >= 11 is 0. The molecule has 40 heavy (non-hydrogen) atoms. The van der Waals surface area contributed by atoms with Crippen LogP contribution in [-0.2, 0) is 9.47 Å². The third kappa shape index (κ3) is 4.49. The second kappa shape index (κ2) is 10.6. The number of aliphatic hydroxyl groups is 7. The molecule has 5 rings (SSSR count). The molecule has 2 fully saturated rings. The average molecular weight is 564 g/mol. The van der Waals surface area contributed by atoms with Crippen LogP contribution in [0.5, 0.6) is 17.2 Å². The predicted octanol–water partition coefficient (Wildman–Crippen LogP) is -1.75. The predicted molar refractivity (Wildman–Crippen MR) is 132 cm³/mol. The molecule has 0 amide bonds. The zero-order valence-electron chi connectivity index (χ0n) is 20.6. The van der Waals surface area contributed by atoms with Gasteiger partial charge in [-0.15, -0.1) is 0 Å². The number of benzene rings is 2. The summed E-state index contributed by atoms with van der Waals surface area (Å²) < 4.78 is 16.9. The monoisotopic (exact) mass is 564 g/mol. The fraction of sp³-hybridized carbons (Fsp3) is 0.423. The van der Waals surface area contributed by atoms with Gasteiger partial charge in [0.05, 0.1) is 24.3 Å². The van der Waals surface area contributed by atoms with E-state index in [0.29, 0.717) is 5.56 Å². The number of ether oxygens (including phenoxy) is 2. The highest BCUT2D eigenvalue weighted by atomic mass is 16.5. The van der Waals surface area contributed by atoms with E-state index in [2.05, 4.69) is 0 Å². The second-order valence-corrected chi connectivity index (χ2v) is 9.80. The van der Waals surface area contributed by atoms with E-state index in [4.69, 9.17) is 13.9 Å². The maximum atomic E-state index is 13.4. The number of aliphatic hydroxyl groups excluding tert-OH is 7. The summed E-state index contributed by atoms with van der Waals surface area (Å²) in [6, 6.07) is 6.50. The van der Waals surface area contributed by atoms with E-state index in [0.717, 1.165) is 6.07 Å². The highest BCUT2D eigenvalue weighted by Gasteiger charge is 2.48. The van der Waals surface area contributed by atoms with Crippen molar-refractivity contribution in [3.05, 3.63) is 51.7 Å². The lowest BCUT2D eigenvalue weighted by Gasteiger charge is -2.41. The van der Waals surface area contributed by atoms with E-state index < -0.39 is 107 Å². The normalized spacial score (nSPS) is 32.8. The Hall–Kier alpha value is -3.31. The van der Waals surface area contributed by atoms with Crippen LogP contribution in [0.1, 0.15) is 23.3 Å². The number of phenolic OH excluding ortho intramolecular Hbond substituents is 3. The molecule has 14 heteroatoms. The molecular weight excluding hydrogens is 536 g/mol. The van der Waals surface area contributed by atoms with Crippen molar-refractivity contribution in [1.29, 1.82) is 0 Å². The van der Waals surface area contributed by atoms with Gasteiger partial charge in [-0.05, 0) is 24.3 Å². The van der Waals surface area contributed by atoms with Crippen molar-refractivity contribution in [1.82, 2.24) is 0 Å². The first-order chi connectivity index (χ1) is 19.0. The van der Waals surface area contributed by atoms with Crippen LogP contribution in [0.25, 0.3) is 22.3 Å². The van der Waals surface area contributed by atoms with Crippen molar-refractivity contribution < 1.29 is 65.0 Å². The molecule has 2 aliphatic rings. The van der Waals surface area contributed by atoms with Crippen LogP contribution in [0.4, 0.5) is 0 Å². The minimum atomic E-state index is -1.98. The van der Waals surface area contributed by atoms with Crippen LogP contribution >= 0.6 is 0 Å². The van der Waals surface area contributed by atoms with E-state index in [-0.39, 0.29) is 11.5 Å². The fourth-order valence-electron chi connectivity index (χ4n) is 5.11. The Labute approximate surface area is 224 Å². The first kappa shape index (κ1) is 28.2. The molecule has 0 radical (unpaired) electrons. The molecule has 9 atom stereocenters. The zero-order chi connectivity index (χ0) is 29.0. The van der Waals surface area contributed by atoms with E-state index in [1.165, 1.54) is 24.3 Å². The van der Waals surface area contributed by atoms with Crippen LogP contribution in [0.2, 0.25) is 0 Å². The summed E-state index contributed by atoms with van der Waals surface area (Å²) in [5, 5.41) is 104. The molecular formula is C26H28O14. The van der Waals surface area contributed by atoms with Crippen molar-refractivity contribution in [3.63, 3.8) is 0 Å². The van der Waals surface area contributed by atoms with Crippen molar-refractivity contribution in [3.8, 4) is 28.6 Å². The lowest BCUT2D eigenvalue weighted by molar-refractivity contribution is -0.232. The molecule has 0 aliphatic carbocycles. The lowest BCUT2D eigenvalue weighted by atomic mass is 9.85. The molecule has 14 nitrogen and oxygen atoms in total. The number of hydrogen-bond acceptors (Lipinski definition) is 14. The minimum absolute atomic E-state index is 0.0710. The molecule has 3 heterocycles. The van der Waals surface area contributed by atoms with E-state index in [1.54, 1.807) is 0 Å². The highest BCUT2D eigenvalue weighted by Crippen LogP contribution is 2.50. The quantitative estimate of drug-likeness (QED) is 0.169. The minimum Gasteiger partial charge on any atom is -0.508 e. The van der Waals surface area contributed by atoms with Gasteiger partial charge in [-0.2, -0.15) is 0 Å². The van der Waals surface area contributed by atoms with E-state index in [9.17, 15) is 55.9 Å². The number of aromatic hydroxyl groups is 3. The Morgan fingerprint density at radius 3 is 2.08 bits per heavy atom. The third-order valence-electron chi connectivity index (χ3n) is 7.31. The molecule has 2 aromatic carbocycles. The molecule has 2 saturated heterocycles. The van der Waals surface area contributed by atoms with Crippen LogP contribution in [0.15, 0.2) is 39.5 Å². The molecule has 1 aromatic heterocycles. The van der Waals surface area contributed by atoms with Gasteiger partial charge in [0.25, 0.3) is 0 Å². The summed E-state index contributed by atoms with van der Waals surface area (Å²) in [5.41, 5.74) is -2.15. The molecule has 2 aliphatic heterocycles. The van der Waals surface area contributed by atoms with Crippen molar-refractivity contribution in [2.24, 2.45) is 0 Å². The van der Waals surface area contributed by atoms with Gasteiger partial charge in [0, 0.05) is 11.6 Å². The van der Waals surface area contributed by atoms with Crippen molar-refractivity contribution >= 4 is 11.0 Å². The molecule has 0 saturated carbocycles. The Morgan fingerprint density at radius 1 is 0.775 bits per heavy atom. The second-order valence-electron chi connectivity index (χ2n) is 9.80. The summed E-state index contributed by atoms with van der Waals surface area (Å²) in [5.74, 6) is -2.01. The molecule has 3 aromatic rings. The number of fused-ring (bicyclic) bond motifs is 1. The van der Waals surface area contributed by atoms with Gasteiger partial charge >= 0.3 is 0 Å². The van der Waals surface area contributed by atoms with Crippen molar-refractivity contribution in [2.75, 3.05) is 13.2 Å². The van der Waals surface area contributed by atoms with Gasteiger partial charge in [-0.1, -0.05) is 0 Å². The lowest BCUT2D eigenvalue weighted by Crippen LogP contribution is -2.55. The number of rotatable bonds is 4. The van der Waals surface area contributed by atoms with Gasteiger partial charge in [0.15, 0.2) is 11.0 Å². The molecule has 216 valence electrons. The highest BCUT2D eigenvalue weighted by molar-refractivity contribution is 5.92. The Morgan fingerprint density at radius 2 is 1.43 bits per heavy atom. The molecule has 0 spiro atoms. The molecule has 2 unspecified atom stereocenters. The molecule has 10 N–H and O–H groups in total. The zero-order valence-corrected chi connectivity index (χ0v) is 20.6. The summed E-state index contributed by atoms with van der Waals surface area (Å²) in [7, 11) is 0. The first-order valence-corrected chi connectivity index (χ1v) is 12.3. The van der Waals surface area contributed by atoms with Gasteiger partial charge < -0.3 is 65.0 Å². The van der Waals surface area contributed by atoms with E-state index in [1.807, 2.05) is 0 Å². The Kier molecular flexibility index (Phi) is 7.47. The van der Waals surface area contributed by atoms with Crippen LogP contribution in [0, 0.1) is 0 Å². The fourth-order valence-corrected chi connectivity index (χ4v) is 5.11. The number of hydrogen-bond donors (Lipinski definition) is 10. The summed E-state index contributed by atoms with van der Waals surface area (Å²) in [4.78, 5) is 13.4. The van der Waals surface area contributed by atoms with Crippen LogP contribution in [0.3, 0.4) is 0 Å². The average Bonchev–Trinajstić information content (AvgIpc) is 2.92. The summed E-state index contributed by atoms with van der Waals surface area (Å²) in [6.45, 7) is -1.34. The maximum Gasteiger partial charge on any atom is 0.197 e. The Balaban J connectivity index is 1.80. The van der Waals surface area contributed by atoms with E-state index >= 15 is 0 Å². The van der Waals surface area contributed by atoms with Crippen LogP contribution in [-0.4, -0.2) is 107 Å². The van der Waals surface area contributed by atoms with Gasteiger partial charge in [-0.3, -0.25) is 4.79 Å². The first-order valence-electron chi connectivity index (χ1n) is 12.3. The maximum absolute atomic E-state index is 13.4. The standard InChI is InChI=1S/C26H28O14/c27-6-13-18(32)21(35)23(37)26(40-13)15-19(33)14-10(29)5-12(8-1-3-9(28)4-2-8)39-24(14)16(20(15)34)25-22(36)17(31)11(30)7-38-25/h1-5,11,13,17-18,21-23,25-28,30-37H,6-7H2/t11-,13+,17-,18+,21-,22+,23+,25?,26?/m0/s1. The largest absolute Gasteiger partial charge is 0.508 e. The SMILES string of the molecule is O=c1cc(-c2ccc(O)cc2)oc2c(C3OC[C@H](O)[C@H](O)[C@H]3O)c(O)c(C3O[C@H](CO)[C@@H](O)[C@H](O)[C@H]3O)c(O)c12. The molecule has 0 bridgehead atoms. The number of phenols is 3.